The summed E-state index contributed by atoms with van der Waals surface area (Å²) in [5.74, 6) is -1.58. The number of rotatable bonds is 7. The third-order valence-electron chi connectivity index (χ3n) is 5.84. The second kappa shape index (κ2) is 11.1. The van der Waals surface area contributed by atoms with E-state index in [2.05, 4.69) is 5.32 Å². The molecule has 0 aliphatic carbocycles. The molecule has 6 nitrogen and oxygen atoms in total. The van der Waals surface area contributed by atoms with Crippen LogP contribution in [0.15, 0.2) is 76.5 Å². The Morgan fingerprint density at radius 3 is 2.17 bits per heavy atom. The fourth-order valence-electron chi connectivity index (χ4n) is 4.32. The number of carbonyl (C=O) groups is 2. The maximum Gasteiger partial charge on any atom is 0.336 e. The molecule has 186 valence electrons. The third kappa shape index (κ3) is 5.22. The van der Waals surface area contributed by atoms with Crippen LogP contribution in [0.3, 0.4) is 0 Å². The molecule has 0 spiro atoms. The number of benzene rings is 2. The molecule has 0 fully saturated rings. The molecule has 0 saturated carbocycles. The fraction of sp³-hybridized carbons (Fsp3) is 0.250. The number of dihydropyridines is 1. The van der Waals surface area contributed by atoms with Crippen LogP contribution < -0.4 is 5.32 Å². The highest BCUT2D eigenvalue weighted by molar-refractivity contribution is 7.13. The summed E-state index contributed by atoms with van der Waals surface area (Å²) in [6, 6.07) is 15.3. The Morgan fingerprint density at radius 2 is 1.56 bits per heavy atom. The minimum absolute atomic E-state index is 0.227. The lowest BCUT2D eigenvalue weighted by Gasteiger charge is -2.30. The van der Waals surface area contributed by atoms with Crippen molar-refractivity contribution < 1.29 is 19.1 Å². The van der Waals surface area contributed by atoms with E-state index < -0.39 is 17.9 Å². The first-order chi connectivity index (χ1) is 17.3. The van der Waals surface area contributed by atoms with E-state index in [1.807, 2.05) is 67.8 Å². The largest absolute Gasteiger partial charge is 0.463 e. The van der Waals surface area contributed by atoms with E-state index in [9.17, 15) is 9.59 Å². The molecular weight excluding hydrogens is 496 g/mol. The van der Waals surface area contributed by atoms with E-state index in [0.717, 1.165) is 27.4 Å². The number of carbonyl (C=O) groups excluding carboxylic acids is 2. The van der Waals surface area contributed by atoms with Crippen molar-refractivity contribution in [2.24, 2.45) is 0 Å². The Labute approximate surface area is 219 Å². The number of hydrogen-bond acceptors (Lipinski definition) is 7. The number of allylic oxidation sites excluding steroid dienone is 2. The Hall–Kier alpha value is -3.42. The van der Waals surface area contributed by atoms with Gasteiger partial charge in [0.05, 0.1) is 36.0 Å². The van der Waals surface area contributed by atoms with Gasteiger partial charge in [-0.15, -0.1) is 11.3 Å². The normalized spacial score (nSPS) is 14.0. The molecular formula is C28H27ClN2O4S. The van der Waals surface area contributed by atoms with Gasteiger partial charge in [0, 0.05) is 32.9 Å². The Balaban J connectivity index is 1.79. The van der Waals surface area contributed by atoms with Crippen LogP contribution >= 0.6 is 22.9 Å². The summed E-state index contributed by atoms with van der Waals surface area (Å²) in [6.07, 6.45) is 0. The van der Waals surface area contributed by atoms with Crippen molar-refractivity contribution in [2.45, 2.75) is 33.6 Å². The number of ether oxygens (including phenoxy) is 2. The van der Waals surface area contributed by atoms with E-state index >= 15 is 0 Å². The number of halogens is 1. The van der Waals surface area contributed by atoms with Crippen LogP contribution in [0.1, 0.15) is 39.2 Å². The zero-order chi connectivity index (χ0) is 25.8. The molecule has 4 rings (SSSR count). The highest BCUT2D eigenvalue weighted by Crippen LogP contribution is 2.41. The highest BCUT2D eigenvalue weighted by Gasteiger charge is 2.38. The Kier molecular flexibility index (Phi) is 7.91. The SMILES string of the molecule is CCOC(=O)C1=C(C)NC(C)=C(C(=O)OCC)C1c1cccc(-c2nc(-c3cccc(Cl)c3)cs2)c1. The van der Waals surface area contributed by atoms with E-state index in [1.54, 1.807) is 13.8 Å². The third-order valence-corrected chi connectivity index (χ3v) is 6.97. The van der Waals surface area contributed by atoms with Gasteiger partial charge >= 0.3 is 11.9 Å². The lowest BCUT2D eigenvalue weighted by Crippen LogP contribution is -2.32. The summed E-state index contributed by atoms with van der Waals surface area (Å²) in [5.41, 5.74) is 5.49. The number of nitrogens with one attached hydrogen (secondary N) is 1. The zero-order valence-electron chi connectivity index (χ0n) is 20.6. The molecule has 0 saturated heterocycles. The summed E-state index contributed by atoms with van der Waals surface area (Å²) in [5, 5.41) is 6.62. The van der Waals surface area contributed by atoms with Gasteiger partial charge in [0.25, 0.3) is 0 Å². The van der Waals surface area contributed by atoms with Gasteiger partial charge in [0.15, 0.2) is 0 Å². The first kappa shape index (κ1) is 25.7. The van der Waals surface area contributed by atoms with Crippen molar-refractivity contribution >= 4 is 34.9 Å². The molecule has 1 aliphatic rings. The molecule has 36 heavy (non-hydrogen) atoms. The molecule has 0 atom stereocenters. The Bertz CT molecular complexity index is 1340. The van der Waals surface area contributed by atoms with Crippen LogP contribution in [-0.4, -0.2) is 30.1 Å². The molecule has 1 N–H and O–H groups in total. The minimum atomic E-state index is -0.642. The lowest BCUT2D eigenvalue weighted by molar-refractivity contribution is -0.139. The van der Waals surface area contributed by atoms with Gasteiger partial charge in [-0.25, -0.2) is 14.6 Å². The maximum absolute atomic E-state index is 13.1. The van der Waals surface area contributed by atoms with Gasteiger partial charge in [-0.2, -0.15) is 0 Å². The molecule has 2 heterocycles. The predicted octanol–water partition coefficient (Wildman–Crippen LogP) is 6.49. The van der Waals surface area contributed by atoms with Crippen LogP contribution in [0.4, 0.5) is 0 Å². The van der Waals surface area contributed by atoms with Crippen molar-refractivity contribution in [1.82, 2.24) is 10.3 Å². The van der Waals surface area contributed by atoms with Gasteiger partial charge in [0.2, 0.25) is 0 Å². The fourth-order valence-corrected chi connectivity index (χ4v) is 5.34. The number of esters is 2. The number of thiazole rings is 1. The van der Waals surface area contributed by atoms with Crippen molar-refractivity contribution in [2.75, 3.05) is 13.2 Å². The van der Waals surface area contributed by atoms with Crippen molar-refractivity contribution in [3.63, 3.8) is 0 Å². The van der Waals surface area contributed by atoms with Crippen molar-refractivity contribution in [3.8, 4) is 21.8 Å². The first-order valence-corrected chi connectivity index (χ1v) is 12.9. The summed E-state index contributed by atoms with van der Waals surface area (Å²) in [7, 11) is 0. The molecule has 0 amide bonds. The van der Waals surface area contributed by atoms with Crippen LogP contribution in [0.2, 0.25) is 5.02 Å². The van der Waals surface area contributed by atoms with Gasteiger partial charge in [0.1, 0.15) is 5.01 Å². The van der Waals surface area contributed by atoms with Crippen molar-refractivity contribution in [1.29, 1.82) is 0 Å². The summed E-state index contributed by atoms with van der Waals surface area (Å²) in [6.45, 7) is 7.59. The highest BCUT2D eigenvalue weighted by atomic mass is 35.5. The van der Waals surface area contributed by atoms with Crippen LogP contribution in [0.25, 0.3) is 21.8 Å². The standard InChI is InChI=1S/C28H27ClN2O4S/c1-5-34-27(32)23-16(3)30-17(4)24(28(33)35-6-2)25(23)19-10-7-11-20(13-19)26-31-22(15-36-26)18-9-8-12-21(29)14-18/h7-15,25,30H,5-6H2,1-4H3. The van der Waals surface area contributed by atoms with E-state index in [-0.39, 0.29) is 13.2 Å². The quantitative estimate of drug-likeness (QED) is 0.357. The summed E-state index contributed by atoms with van der Waals surface area (Å²) < 4.78 is 10.7. The van der Waals surface area contributed by atoms with Crippen LogP contribution in [-0.2, 0) is 19.1 Å². The summed E-state index contributed by atoms with van der Waals surface area (Å²) in [4.78, 5) is 30.9. The molecule has 0 unspecified atom stereocenters. The number of nitrogens with zero attached hydrogens (tertiary/aromatic N) is 1. The van der Waals surface area contributed by atoms with Gasteiger partial charge in [-0.05, 0) is 51.5 Å². The van der Waals surface area contributed by atoms with Crippen LogP contribution in [0.5, 0.6) is 0 Å². The van der Waals surface area contributed by atoms with Gasteiger partial charge in [-0.1, -0.05) is 41.9 Å². The van der Waals surface area contributed by atoms with E-state index in [1.165, 1.54) is 11.3 Å². The van der Waals surface area contributed by atoms with Gasteiger partial charge < -0.3 is 14.8 Å². The maximum atomic E-state index is 13.1. The van der Waals surface area contributed by atoms with E-state index in [4.69, 9.17) is 26.1 Å². The predicted molar refractivity (Wildman–Crippen MR) is 143 cm³/mol. The van der Waals surface area contributed by atoms with E-state index in [0.29, 0.717) is 27.6 Å². The second-order valence-electron chi connectivity index (χ2n) is 8.25. The number of aromatic nitrogens is 1. The molecule has 2 aromatic carbocycles. The number of hydrogen-bond donors (Lipinski definition) is 1. The second-order valence-corrected chi connectivity index (χ2v) is 9.54. The lowest BCUT2D eigenvalue weighted by atomic mass is 9.80. The minimum Gasteiger partial charge on any atom is -0.463 e. The summed E-state index contributed by atoms with van der Waals surface area (Å²) >= 11 is 7.67. The molecule has 1 aromatic heterocycles. The molecule has 8 heteroatoms. The average molecular weight is 523 g/mol. The Morgan fingerprint density at radius 1 is 0.944 bits per heavy atom. The monoisotopic (exact) mass is 522 g/mol. The topological polar surface area (TPSA) is 77.5 Å². The average Bonchev–Trinajstić information content (AvgIpc) is 3.34. The molecule has 0 bridgehead atoms. The molecule has 0 radical (unpaired) electrons. The van der Waals surface area contributed by atoms with Crippen LogP contribution in [0, 0.1) is 0 Å². The zero-order valence-corrected chi connectivity index (χ0v) is 22.1. The molecule has 1 aliphatic heterocycles. The van der Waals surface area contributed by atoms with Crippen molar-refractivity contribution in [3.05, 3.63) is 87.0 Å². The molecule has 3 aromatic rings. The smallest absolute Gasteiger partial charge is 0.336 e. The van der Waals surface area contributed by atoms with Gasteiger partial charge in [-0.3, -0.25) is 0 Å². The first-order valence-electron chi connectivity index (χ1n) is 11.7.